The van der Waals surface area contributed by atoms with Crippen LogP contribution in [0.3, 0.4) is 0 Å². The molecule has 0 unspecified atom stereocenters. The molecule has 29 heavy (non-hydrogen) atoms. The lowest BCUT2D eigenvalue weighted by molar-refractivity contribution is -0.895. The van der Waals surface area contributed by atoms with Crippen LogP contribution in [0.1, 0.15) is 36.0 Å². The van der Waals surface area contributed by atoms with E-state index in [2.05, 4.69) is 5.32 Å². The van der Waals surface area contributed by atoms with E-state index in [1.54, 1.807) is 12.3 Å². The van der Waals surface area contributed by atoms with Gasteiger partial charge >= 0.3 is 0 Å². The highest BCUT2D eigenvalue weighted by atomic mass is 32.2. The van der Waals surface area contributed by atoms with Gasteiger partial charge in [0, 0.05) is 5.56 Å². The Morgan fingerprint density at radius 1 is 1.17 bits per heavy atom. The molecule has 1 atom stereocenters. The van der Waals surface area contributed by atoms with Crippen molar-refractivity contribution < 1.29 is 27.3 Å². The van der Waals surface area contributed by atoms with Gasteiger partial charge in [0.2, 0.25) is 10.0 Å². The van der Waals surface area contributed by atoms with Gasteiger partial charge in [-0.1, -0.05) is 12.1 Å². The number of ketones is 1. The van der Waals surface area contributed by atoms with E-state index in [1.807, 2.05) is 13.0 Å². The third-order valence-electron chi connectivity index (χ3n) is 5.09. The minimum Gasteiger partial charge on any atom is -0.467 e. The quantitative estimate of drug-likeness (QED) is 0.626. The van der Waals surface area contributed by atoms with Gasteiger partial charge < -0.3 is 14.6 Å². The molecule has 1 fully saturated rings. The van der Waals surface area contributed by atoms with Crippen LogP contribution in [0.5, 0.6) is 0 Å². The number of rotatable bonds is 7. The topological polar surface area (TPSA) is 101 Å². The van der Waals surface area contributed by atoms with Crippen molar-refractivity contribution in [1.29, 1.82) is 0 Å². The fourth-order valence-corrected chi connectivity index (χ4v) is 4.80. The number of benzene rings is 1. The van der Waals surface area contributed by atoms with Crippen molar-refractivity contribution in [3.05, 3.63) is 54.0 Å². The SMILES string of the molecule is CC(=O)c1ccc(S(=O)(=O)N2CC[NH+](CC(=O)N[C@H](C)c3ccco3)CC2)cc1. The standard InChI is InChI=1S/C20H25N3O5S/c1-15(19-4-3-13-28-19)21-20(25)14-22-9-11-23(12-10-22)29(26,27)18-7-5-17(6-8-18)16(2)24/h3-8,13,15H,9-12,14H2,1-2H3,(H,21,25)/p+1/t15-/m1/s1. The first-order valence-corrected chi connectivity index (χ1v) is 11.0. The minimum atomic E-state index is -3.61. The summed E-state index contributed by atoms with van der Waals surface area (Å²) in [7, 11) is -3.61. The van der Waals surface area contributed by atoms with Crippen molar-refractivity contribution in [2.45, 2.75) is 24.8 Å². The molecular weight excluding hydrogens is 394 g/mol. The molecule has 1 aliphatic rings. The molecule has 3 rings (SSSR count). The molecular formula is C20H26N3O5S+. The van der Waals surface area contributed by atoms with Gasteiger partial charge in [0.05, 0.1) is 43.4 Å². The number of hydrogen-bond donors (Lipinski definition) is 2. The number of quaternary nitrogens is 1. The predicted octanol–water partition coefficient (Wildman–Crippen LogP) is 0.249. The Bertz CT molecular complexity index is 947. The number of piperazine rings is 1. The van der Waals surface area contributed by atoms with Crippen molar-refractivity contribution >= 4 is 21.7 Å². The normalized spacial score (nSPS) is 17.0. The second kappa shape index (κ2) is 8.89. The fraction of sp³-hybridized carbons (Fsp3) is 0.400. The van der Waals surface area contributed by atoms with E-state index >= 15 is 0 Å². The highest BCUT2D eigenvalue weighted by Gasteiger charge is 2.31. The number of Topliss-reactive ketones (excluding diaryl/α,β-unsaturated/α-hetero) is 1. The second-order valence-corrected chi connectivity index (χ2v) is 9.15. The molecule has 2 N–H and O–H groups in total. The van der Waals surface area contributed by atoms with Crippen LogP contribution in [0.15, 0.2) is 52.0 Å². The Kier molecular flexibility index (Phi) is 6.51. The molecule has 2 heterocycles. The fourth-order valence-electron chi connectivity index (χ4n) is 3.36. The minimum absolute atomic E-state index is 0.0972. The number of carbonyl (C=O) groups excluding carboxylic acids is 2. The lowest BCUT2D eigenvalue weighted by atomic mass is 10.2. The number of amides is 1. The first kappa shape index (κ1) is 21.2. The van der Waals surface area contributed by atoms with Crippen LogP contribution < -0.4 is 10.2 Å². The molecule has 0 bridgehead atoms. The van der Waals surface area contributed by atoms with Gasteiger partial charge in [0.25, 0.3) is 5.91 Å². The monoisotopic (exact) mass is 420 g/mol. The molecule has 1 aromatic heterocycles. The molecule has 0 saturated carbocycles. The van der Waals surface area contributed by atoms with E-state index < -0.39 is 10.0 Å². The average molecular weight is 421 g/mol. The molecule has 1 saturated heterocycles. The summed E-state index contributed by atoms with van der Waals surface area (Å²) in [5.41, 5.74) is 0.480. The number of furan rings is 1. The maximum atomic E-state index is 12.8. The predicted molar refractivity (Wildman–Crippen MR) is 106 cm³/mol. The Morgan fingerprint density at radius 2 is 1.83 bits per heavy atom. The van der Waals surface area contributed by atoms with E-state index in [0.717, 1.165) is 4.90 Å². The number of nitrogens with one attached hydrogen (secondary N) is 2. The van der Waals surface area contributed by atoms with E-state index in [0.29, 0.717) is 37.5 Å². The average Bonchev–Trinajstić information content (AvgIpc) is 3.23. The van der Waals surface area contributed by atoms with Gasteiger partial charge in [-0.15, -0.1) is 0 Å². The molecule has 0 aliphatic carbocycles. The summed E-state index contributed by atoms with van der Waals surface area (Å²) in [6.07, 6.45) is 1.57. The summed E-state index contributed by atoms with van der Waals surface area (Å²) in [5.74, 6) is 0.492. The lowest BCUT2D eigenvalue weighted by Crippen LogP contribution is -3.15. The van der Waals surface area contributed by atoms with Crippen LogP contribution in [-0.2, 0) is 14.8 Å². The van der Waals surface area contributed by atoms with Gasteiger partial charge in [0.1, 0.15) is 5.76 Å². The van der Waals surface area contributed by atoms with Crippen molar-refractivity contribution in [3.63, 3.8) is 0 Å². The van der Waals surface area contributed by atoms with Crippen LogP contribution in [0.4, 0.5) is 0 Å². The first-order chi connectivity index (χ1) is 13.8. The van der Waals surface area contributed by atoms with Crippen LogP contribution in [0.25, 0.3) is 0 Å². The number of carbonyl (C=O) groups is 2. The molecule has 1 aromatic carbocycles. The van der Waals surface area contributed by atoms with Gasteiger partial charge in [0.15, 0.2) is 12.3 Å². The Morgan fingerprint density at radius 3 is 2.38 bits per heavy atom. The van der Waals surface area contributed by atoms with Crippen molar-refractivity contribution in [2.24, 2.45) is 0 Å². The number of sulfonamides is 1. The highest BCUT2D eigenvalue weighted by Crippen LogP contribution is 2.17. The Hall–Kier alpha value is -2.49. The van der Waals surface area contributed by atoms with Crippen LogP contribution in [0, 0.1) is 0 Å². The zero-order valence-electron chi connectivity index (χ0n) is 16.6. The lowest BCUT2D eigenvalue weighted by Gasteiger charge is -2.31. The molecule has 0 radical (unpaired) electrons. The van der Waals surface area contributed by atoms with Gasteiger partial charge in [-0.05, 0) is 38.1 Å². The smallest absolute Gasteiger partial charge is 0.275 e. The Balaban J connectivity index is 1.52. The van der Waals surface area contributed by atoms with Gasteiger partial charge in [-0.2, -0.15) is 4.31 Å². The summed E-state index contributed by atoms with van der Waals surface area (Å²) >= 11 is 0. The number of hydrogen-bond acceptors (Lipinski definition) is 5. The summed E-state index contributed by atoms with van der Waals surface area (Å²) < 4.78 is 32.4. The Labute approximate surface area is 170 Å². The van der Waals surface area contributed by atoms with Crippen molar-refractivity contribution in [3.8, 4) is 0 Å². The summed E-state index contributed by atoms with van der Waals surface area (Å²) in [6, 6.07) is 9.36. The van der Waals surface area contributed by atoms with Crippen LogP contribution in [0.2, 0.25) is 0 Å². The van der Waals surface area contributed by atoms with Crippen LogP contribution in [-0.4, -0.2) is 57.1 Å². The molecule has 2 aromatic rings. The summed E-state index contributed by atoms with van der Waals surface area (Å²) in [4.78, 5) is 24.8. The van der Waals surface area contributed by atoms with E-state index in [9.17, 15) is 18.0 Å². The van der Waals surface area contributed by atoms with E-state index in [-0.39, 0.29) is 29.2 Å². The zero-order valence-corrected chi connectivity index (χ0v) is 17.4. The molecule has 8 nitrogen and oxygen atoms in total. The third-order valence-corrected chi connectivity index (χ3v) is 7.00. The molecule has 9 heteroatoms. The summed E-state index contributed by atoms with van der Waals surface area (Å²) in [5, 5.41) is 2.90. The largest absolute Gasteiger partial charge is 0.467 e. The highest BCUT2D eigenvalue weighted by molar-refractivity contribution is 7.89. The number of nitrogens with zero attached hydrogens (tertiary/aromatic N) is 1. The second-order valence-electron chi connectivity index (χ2n) is 7.22. The summed E-state index contributed by atoms with van der Waals surface area (Å²) in [6.45, 7) is 5.36. The molecule has 1 aliphatic heterocycles. The van der Waals surface area contributed by atoms with Gasteiger partial charge in [-0.25, -0.2) is 8.42 Å². The zero-order chi connectivity index (χ0) is 21.0. The van der Waals surface area contributed by atoms with Crippen molar-refractivity contribution in [2.75, 3.05) is 32.7 Å². The first-order valence-electron chi connectivity index (χ1n) is 9.55. The van der Waals surface area contributed by atoms with Gasteiger partial charge in [-0.3, -0.25) is 9.59 Å². The van der Waals surface area contributed by atoms with Crippen molar-refractivity contribution in [1.82, 2.24) is 9.62 Å². The van der Waals surface area contributed by atoms with E-state index in [4.69, 9.17) is 4.42 Å². The maximum Gasteiger partial charge on any atom is 0.275 e. The molecule has 0 spiro atoms. The third kappa shape index (κ3) is 5.11. The maximum absolute atomic E-state index is 12.8. The molecule has 156 valence electrons. The van der Waals surface area contributed by atoms with Crippen LogP contribution >= 0.6 is 0 Å². The van der Waals surface area contributed by atoms with E-state index in [1.165, 1.54) is 35.5 Å². The molecule has 1 amide bonds.